The third-order valence-electron chi connectivity index (χ3n) is 8.17. The summed E-state index contributed by atoms with van der Waals surface area (Å²) in [5, 5.41) is 13.4. The van der Waals surface area contributed by atoms with Gasteiger partial charge in [-0.1, -0.05) is 27.7 Å². The minimum atomic E-state index is -0.223. The Morgan fingerprint density at radius 3 is 1.74 bits per heavy atom. The van der Waals surface area contributed by atoms with Crippen LogP contribution in [0, 0.1) is 11.8 Å². The van der Waals surface area contributed by atoms with E-state index in [2.05, 4.69) is 15.5 Å². The average molecular weight is 647 g/mol. The average Bonchev–Trinajstić information content (AvgIpc) is 3.60. The summed E-state index contributed by atoms with van der Waals surface area (Å²) in [5.41, 5.74) is 2.06. The van der Waals surface area contributed by atoms with Crippen molar-refractivity contribution >= 4 is 45.2 Å². The van der Waals surface area contributed by atoms with Gasteiger partial charge >= 0.3 is 0 Å². The maximum absolute atomic E-state index is 13.3. The summed E-state index contributed by atoms with van der Waals surface area (Å²) in [6.45, 7) is 10.8. The number of ether oxygens (including phenoxy) is 2. The highest BCUT2D eigenvalue weighted by molar-refractivity contribution is 6.08. The Morgan fingerprint density at radius 2 is 1.28 bits per heavy atom. The molecule has 252 valence electrons. The van der Waals surface area contributed by atoms with Crippen LogP contribution in [0.15, 0.2) is 36.4 Å². The second-order valence-electron chi connectivity index (χ2n) is 12.2. The van der Waals surface area contributed by atoms with Gasteiger partial charge in [-0.2, -0.15) is 10.2 Å². The molecule has 1 N–H and O–H groups in total. The normalized spacial score (nSPS) is 11.4. The fourth-order valence-corrected chi connectivity index (χ4v) is 5.42. The molecule has 0 saturated carbocycles. The Labute approximate surface area is 275 Å². The molecule has 12 heteroatoms. The van der Waals surface area contributed by atoms with E-state index in [1.807, 2.05) is 40.7 Å². The highest BCUT2D eigenvalue weighted by Crippen LogP contribution is 2.27. The van der Waals surface area contributed by atoms with Crippen molar-refractivity contribution in [2.75, 3.05) is 33.9 Å². The van der Waals surface area contributed by atoms with Gasteiger partial charge in [0.1, 0.15) is 36.0 Å². The van der Waals surface area contributed by atoms with Crippen LogP contribution >= 0.6 is 0 Å². The fourth-order valence-electron chi connectivity index (χ4n) is 5.42. The van der Waals surface area contributed by atoms with Crippen LogP contribution in [-0.4, -0.2) is 81.7 Å². The monoisotopic (exact) mass is 646 g/mol. The lowest BCUT2D eigenvalue weighted by Crippen LogP contribution is -2.35. The number of hydrogen-bond donors (Lipinski definition) is 1. The van der Waals surface area contributed by atoms with Gasteiger partial charge in [0.2, 0.25) is 11.8 Å². The number of carbonyl (C=O) groups excluding carboxylic acids is 4. The Morgan fingerprint density at radius 1 is 0.766 bits per heavy atom. The zero-order chi connectivity index (χ0) is 34.2. The van der Waals surface area contributed by atoms with E-state index in [9.17, 15) is 19.2 Å². The van der Waals surface area contributed by atoms with E-state index in [4.69, 9.17) is 9.47 Å². The molecule has 47 heavy (non-hydrogen) atoms. The summed E-state index contributed by atoms with van der Waals surface area (Å²) in [6, 6.07) is 10.8. The number of rotatable bonds is 17. The molecule has 2 heterocycles. The standard InChI is InChI=1S/C35H46N6O6/c1-8-39(31(43)21-41-29-19-25(47-7)13-15-27(29)33(38-41)35(45)23(4)5)17-11-9-10-16-36-30(42)20-40-28-18-24(46-6)12-14-26(28)32(37-40)34(44)22(2)3/h12-15,18-19,22-23H,8-11,16-17,20-21H2,1-7H3,(H,36,42). The van der Waals surface area contributed by atoms with Crippen LogP contribution in [0.2, 0.25) is 0 Å². The first kappa shape index (κ1) is 35.1. The van der Waals surface area contributed by atoms with Crippen molar-refractivity contribution in [1.29, 1.82) is 0 Å². The molecule has 0 aliphatic heterocycles. The SMILES string of the molecule is CCN(CCCCCNC(=O)Cn1nc(C(=O)C(C)C)c2ccc(OC)cc21)C(=O)Cn1nc(C(=O)C(C)C)c2ccc(OC)cc21. The number of Topliss-reactive ketones (excluding diaryl/α,β-unsaturated/α-hetero) is 2. The smallest absolute Gasteiger partial charge is 0.244 e. The molecule has 4 aromatic rings. The van der Waals surface area contributed by atoms with Gasteiger partial charge < -0.3 is 19.7 Å². The first-order chi connectivity index (χ1) is 22.5. The summed E-state index contributed by atoms with van der Waals surface area (Å²) in [6.07, 6.45) is 2.32. The third-order valence-corrected chi connectivity index (χ3v) is 8.17. The highest BCUT2D eigenvalue weighted by Gasteiger charge is 2.23. The summed E-state index contributed by atoms with van der Waals surface area (Å²) in [7, 11) is 3.14. The van der Waals surface area contributed by atoms with Crippen molar-refractivity contribution in [2.45, 2.75) is 67.0 Å². The van der Waals surface area contributed by atoms with Crippen LogP contribution in [0.25, 0.3) is 21.8 Å². The Bertz CT molecular complexity index is 1750. The molecule has 4 rings (SSSR count). The van der Waals surface area contributed by atoms with Gasteiger partial charge in [-0.3, -0.25) is 28.5 Å². The van der Waals surface area contributed by atoms with Gasteiger partial charge in [-0.05, 0) is 50.5 Å². The zero-order valence-electron chi connectivity index (χ0n) is 28.5. The van der Waals surface area contributed by atoms with Crippen LogP contribution in [-0.2, 0) is 22.7 Å². The predicted molar refractivity (Wildman–Crippen MR) is 180 cm³/mol. The van der Waals surface area contributed by atoms with E-state index in [0.29, 0.717) is 64.3 Å². The number of hydrogen-bond acceptors (Lipinski definition) is 8. The molecule has 2 aromatic heterocycles. The second-order valence-corrected chi connectivity index (χ2v) is 12.2. The topological polar surface area (TPSA) is 138 Å². The van der Waals surface area contributed by atoms with E-state index in [0.717, 1.165) is 19.3 Å². The summed E-state index contributed by atoms with van der Waals surface area (Å²) in [4.78, 5) is 53.5. The van der Waals surface area contributed by atoms with E-state index in [1.165, 1.54) is 0 Å². The number of nitrogens with zero attached hydrogens (tertiary/aromatic N) is 5. The molecule has 0 unspecified atom stereocenters. The van der Waals surface area contributed by atoms with Gasteiger partial charge in [0, 0.05) is 54.4 Å². The number of benzene rings is 2. The lowest BCUT2D eigenvalue weighted by Gasteiger charge is -2.21. The lowest BCUT2D eigenvalue weighted by atomic mass is 10.0. The molecule has 0 aliphatic carbocycles. The zero-order valence-corrected chi connectivity index (χ0v) is 28.5. The number of nitrogens with one attached hydrogen (secondary N) is 1. The van der Waals surface area contributed by atoms with Gasteiger partial charge in [-0.15, -0.1) is 0 Å². The number of ketones is 2. The fraction of sp³-hybridized carbons (Fsp3) is 0.486. The van der Waals surface area contributed by atoms with Crippen molar-refractivity contribution < 1.29 is 28.7 Å². The van der Waals surface area contributed by atoms with Crippen LogP contribution < -0.4 is 14.8 Å². The van der Waals surface area contributed by atoms with Crippen molar-refractivity contribution in [1.82, 2.24) is 29.8 Å². The van der Waals surface area contributed by atoms with Crippen LogP contribution in [0.3, 0.4) is 0 Å². The summed E-state index contributed by atoms with van der Waals surface area (Å²) in [5.74, 6) is 0.348. The number of amides is 2. The minimum Gasteiger partial charge on any atom is -0.497 e. The number of likely N-dealkylation sites (N-methyl/N-ethyl adjacent to an activating group) is 1. The molecular weight excluding hydrogens is 600 g/mol. The lowest BCUT2D eigenvalue weighted by molar-refractivity contribution is -0.131. The predicted octanol–water partition coefficient (Wildman–Crippen LogP) is 4.92. The van der Waals surface area contributed by atoms with Crippen LogP contribution in [0.5, 0.6) is 11.5 Å². The Balaban J connectivity index is 1.29. The van der Waals surface area contributed by atoms with E-state index >= 15 is 0 Å². The Hall–Kier alpha value is -4.74. The molecule has 0 saturated heterocycles. The largest absolute Gasteiger partial charge is 0.497 e. The number of unbranched alkanes of at least 4 members (excludes halogenated alkanes) is 2. The number of fused-ring (bicyclic) bond motifs is 2. The molecule has 0 radical (unpaired) electrons. The molecule has 2 aromatic carbocycles. The third kappa shape index (κ3) is 8.16. The molecule has 2 amide bonds. The van der Waals surface area contributed by atoms with Gasteiger partial charge in [-0.25, -0.2) is 0 Å². The molecule has 0 aliphatic rings. The van der Waals surface area contributed by atoms with Crippen molar-refractivity contribution in [3.63, 3.8) is 0 Å². The maximum atomic E-state index is 13.3. The highest BCUT2D eigenvalue weighted by atomic mass is 16.5. The number of carbonyl (C=O) groups is 4. The molecule has 0 bridgehead atoms. The van der Waals surface area contributed by atoms with Crippen LogP contribution in [0.4, 0.5) is 0 Å². The summed E-state index contributed by atoms with van der Waals surface area (Å²) < 4.78 is 13.9. The maximum Gasteiger partial charge on any atom is 0.244 e. The van der Waals surface area contributed by atoms with Gasteiger partial charge in [0.25, 0.3) is 0 Å². The van der Waals surface area contributed by atoms with Crippen molar-refractivity contribution in [3.05, 3.63) is 47.8 Å². The van der Waals surface area contributed by atoms with E-state index in [-0.39, 0.29) is 48.3 Å². The second kappa shape index (κ2) is 15.7. The van der Waals surface area contributed by atoms with E-state index in [1.54, 1.807) is 58.8 Å². The molecular formula is C35H46N6O6. The van der Waals surface area contributed by atoms with Crippen LogP contribution in [0.1, 0.15) is 74.9 Å². The minimum absolute atomic E-state index is 0.0113. The first-order valence-corrected chi connectivity index (χ1v) is 16.2. The van der Waals surface area contributed by atoms with Gasteiger partial charge in [0.05, 0.1) is 25.3 Å². The molecule has 0 fully saturated rings. The molecule has 0 atom stereocenters. The van der Waals surface area contributed by atoms with Crippen molar-refractivity contribution in [3.8, 4) is 11.5 Å². The van der Waals surface area contributed by atoms with Gasteiger partial charge in [0.15, 0.2) is 11.6 Å². The quantitative estimate of drug-likeness (QED) is 0.126. The number of methoxy groups -OCH3 is 2. The van der Waals surface area contributed by atoms with E-state index < -0.39 is 0 Å². The van der Waals surface area contributed by atoms with Crippen molar-refractivity contribution in [2.24, 2.45) is 11.8 Å². The summed E-state index contributed by atoms with van der Waals surface area (Å²) >= 11 is 0. The Kier molecular flexibility index (Phi) is 11.7. The molecule has 12 nitrogen and oxygen atoms in total. The first-order valence-electron chi connectivity index (χ1n) is 16.2. The molecule has 0 spiro atoms. The number of aromatic nitrogens is 4.